The summed E-state index contributed by atoms with van der Waals surface area (Å²) in [5.41, 5.74) is 0.902. The van der Waals surface area contributed by atoms with E-state index in [1.54, 1.807) is 0 Å². The molecule has 98 valence electrons. The van der Waals surface area contributed by atoms with E-state index in [2.05, 4.69) is 5.92 Å². The highest BCUT2D eigenvalue weighted by atomic mass is 16.2. The molecule has 2 unspecified atom stereocenters. The molecule has 0 N–H and O–H groups in total. The SMILES string of the molecule is C#CCC(CC)N1C(=O)CC(c2ccccc2)C1=O. The third-order valence-electron chi connectivity index (χ3n) is 3.57. The zero-order chi connectivity index (χ0) is 13.8. The van der Waals surface area contributed by atoms with Gasteiger partial charge < -0.3 is 0 Å². The molecule has 1 aromatic carbocycles. The van der Waals surface area contributed by atoms with E-state index in [0.717, 1.165) is 5.56 Å². The lowest BCUT2D eigenvalue weighted by Crippen LogP contribution is -2.39. The van der Waals surface area contributed by atoms with E-state index < -0.39 is 0 Å². The number of likely N-dealkylation sites (tertiary alicyclic amines) is 1. The van der Waals surface area contributed by atoms with Crippen LogP contribution >= 0.6 is 0 Å². The van der Waals surface area contributed by atoms with Crippen LogP contribution < -0.4 is 0 Å². The first-order valence-corrected chi connectivity index (χ1v) is 6.53. The lowest BCUT2D eigenvalue weighted by atomic mass is 9.98. The molecule has 1 heterocycles. The Morgan fingerprint density at radius 2 is 2.05 bits per heavy atom. The van der Waals surface area contributed by atoms with Crippen LogP contribution in [0.25, 0.3) is 0 Å². The van der Waals surface area contributed by atoms with Crippen molar-refractivity contribution in [2.24, 2.45) is 0 Å². The molecule has 19 heavy (non-hydrogen) atoms. The fraction of sp³-hybridized carbons (Fsp3) is 0.375. The van der Waals surface area contributed by atoms with Gasteiger partial charge in [0, 0.05) is 12.8 Å². The fourth-order valence-electron chi connectivity index (χ4n) is 2.53. The number of carbonyl (C=O) groups excluding carboxylic acids is 2. The zero-order valence-electron chi connectivity index (χ0n) is 11.0. The van der Waals surface area contributed by atoms with Gasteiger partial charge in [0.2, 0.25) is 11.8 Å². The summed E-state index contributed by atoms with van der Waals surface area (Å²) < 4.78 is 0. The van der Waals surface area contributed by atoms with Crippen LogP contribution in [0.2, 0.25) is 0 Å². The minimum absolute atomic E-state index is 0.110. The normalized spacial score (nSPS) is 20.4. The molecule has 0 radical (unpaired) electrons. The number of terminal acetylenes is 1. The highest BCUT2D eigenvalue weighted by molar-refractivity contribution is 6.06. The van der Waals surface area contributed by atoms with Crippen LogP contribution in [0.1, 0.15) is 37.7 Å². The summed E-state index contributed by atoms with van der Waals surface area (Å²) >= 11 is 0. The van der Waals surface area contributed by atoms with Crippen molar-refractivity contribution >= 4 is 11.8 Å². The summed E-state index contributed by atoms with van der Waals surface area (Å²) in [6.45, 7) is 1.94. The van der Waals surface area contributed by atoms with E-state index in [1.807, 2.05) is 37.3 Å². The molecule has 0 aliphatic carbocycles. The zero-order valence-corrected chi connectivity index (χ0v) is 11.0. The maximum atomic E-state index is 12.4. The Morgan fingerprint density at radius 1 is 1.37 bits per heavy atom. The Hall–Kier alpha value is -2.08. The van der Waals surface area contributed by atoms with Gasteiger partial charge in [0.15, 0.2) is 0 Å². The topological polar surface area (TPSA) is 37.4 Å². The van der Waals surface area contributed by atoms with E-state index in [-0.39, 0.29) is 30.2 Å². The molecule has 1 fully saturated rings. The highest BCUT2D eigenvalue weighted by Gasteiger charge is 2.42. The first-order chi connectivity index (χ1) is 9.19. The predicted octanol–water partition coefficient (Wildman–Crippen LogP) is 2.33. The minimum Gasteiger partial charge on any atom is -0.278 e. The summed E-state index contributed by atoms with van der Waals surface area (Å²) in [5, 5.41) is 0. The number of amides is 2. The van der Waals surface area contributed by atoms with Crippen LogP contribution in [0.15, 0.2) is 30.3 Å². The molecular formula is C16H17NO2. The van der Waals surface area contributed by atoms with Gasteiger partial charge in [-0.05, 0) is 12.0 Å². The summed E-state index contributed by atoms with van der Waals surface area (Å²) in [6, 6.07) is 9.28. The minimum atomic E-state index is -0.347. The number of carbonyl (C=O) groups is 2. The van der Waals surface area contributed by atoms with Gasteiger partial charge in [0.25, 0.3) is 0 Å². The first-order valence-electron chi connectivity index (χ1n) is 6.53. The van der Waals surface area contributed by atoms with Crippen LogP contribution in [0.3, 0.4) is 0 Å². The Balaban J connectivity index is 2.24. The number of benzene rings is 1. The average Bonchev–Trinajstić information content (AvgIpc) is 2.73. The molecule has 1 aliphatic heterocycles. The van der Waals surface area contributed by atoms with Crippen molar-refractivity contribution in [1.29, 1.82) is 0 Å². The van der Waals surface area contributed by atoms with Crippen molar-refractivity contribution in [2.75, 3.05) is 0 Å². The van der Waals surface area contributed by atoms with Crippen molar-refractivity contribution in [3.63, 3.8) is 0 Å². The fourth-order valence-corrected chi connectivity index (χ4v) is 2.53. The molecule has 3 nitrogen and oxygen atoms in total. The van der Waals surface area contributed by atoms with E-state index >= 15 is 0 Å². The molecule has 0 aromatic heterocycles. The molecule has 0 saturated carbocycles. The molecule has 1 aliphatic rings. The lowest BCUT2D eigenvalue weighted by molar-refractivity contribution is -0.141. The van der Waals surface area contributed by atoms with Gasteiger partial charge >= 0.3 is 0 Å². The van der Waals surface area contributed by atoms with Crippen LogP contribution in [-0.2, 0) is 9.59 Å². The number of hydrogen-bond acceptors (Lipinski definition) is 2. The van der Waals surface area contributed by atoms with E-state index in [4.69, 9.17) is 6.42 Å². The third kappa shape index (κ3) is 2.53. The van der Waals surface area contributed by atoms with Gasteiger partial charge in [-0.15, -0.1) is 12.3 Å². The summed E-state index contributed by atoms with van der Waals surface area (Å²) in [6.07, 6.45) is 6.69. The predicted molar refractivity (Wildman–Crippen MR) is 73.2 cm³/mol. The maximum Gasteiger partial charge on any atom is 0.237 e. The smallest absolute Gasteiger partial charge is 0.237 e. The van der Waals surface area contributed by atoms with Gasteiger partial charge in [-0.3, -0.25) is 14.5 Å². The second-order valence-electron chi connectivity index (χ2n) is 4.74. The standard InChI is InChI=1S/C16H17NO2/c1-3-8-13(4-2)17-15(18)11-14(16(17)19)12-9-6-5-7-10-12/h1,5-7,9-10,13-14H,4,8,11H2,2H3. The largest absolute Gasteiger partial charge is 0.278 e. The van der Waals surface area contributed by atoms with Gasteiger partial charge in [-0.1, -0.05) is 37.3 Å². The van der Waals surface area contributed by atoms with Crippen molar-refractivity contribution in [3.8, 4) is 12.3 Å². The van der Waals surface area contributed by atoms with Crippen LogP contribution in [0, 0.1) is 12.3 Å². The van der Waals surface area contributed by atoms with Crippen molar-refractivity contribution in [3.05, 3.63) is 35.9 Å². The number of nitrogens with zero attached hydrogens (tertiary/aromatic N) is 1. The molecule has 2 rings (SSSR count). The summed E-state index contributed by atoms with van der Waals surface area (Å²) in [5.74, 6) is 1.98. The van der Waals surface area contributed by atoms with E-state index in [0.29, 0.717) is 12.8 Å². The molecule has 0 spiro atoms. The van der Waals surface area contributed by atoms with Crippen molar-refractivity contribution in [1.82, 2.24) is 4.90 Å². The molecule has 1 aromatic rings. The Labute approximate surface area is 113 Å². The highest BCUT2D eigenvalue weighted by Crippen LogP contribution is 2.31. The molecular weight excluding hydrogens is 238 g/mol. The second kappa shape index (κ2) is 5.71. The Morgan fingerprint density at radius 3 is 2.63 bits per heavy atom. The molecule has 2 amide bonds. The Kier molecular flexibility index (Phi) is 4.01. The molecule has 1 saturated heterocycles. The summed E-state index contributed by atoms with van der Waals surface area (Å²) in [7, 11) is 0. The summed E-state index contributed by atoms with van der Waals surface area (Å²) in [4.78, 5) is 25.9. The second-order valence-corrected chi connectivity index (χ2v) is 4.74. The lowest BCUT2D eigenvalue weighted by Gasteiger charge is -2.23. The molecule has 2 atom stereocenters. The van der Waals surface area contributed by atoms with Crippen molar-refractivity contribution < 1.29 is 9.59 Å². The van der Waals surface area contributed by atoms with E-state index in [1.165, 1.54) is 4.90 Å². The van der Waals surface area contributed by atoms with E-state index in [9.17, 15) is 9.59 Å². The quantitative estimate of drug-likeness (QED) is 0.611. The molecule has 0 bridgehead atoms. The van der Waals surface area contributed by atoms with Gasteiger partial charge in [-0.25, -0.2) is 0 Å². The van der Waals surface area contributed by atoms with Crippen molar-refractivity contribution in [2.45, 2.75) is 38.1 Å². The van der Waals surface area contributed by atoms with Crippen LogP contribution in [0.4, 0.5) is 0 Å². The number of hydrogen-bond donors (Lipinski definition) is 0. The number of imide groups is 1. The monoisotopic (exact) mass is 255 g/mol. The maximum absolute atomic E-state index is 12.4. The van der Waals surface area contributed by atoms with Crippen LogP contribution in [-0.4, -0.2) is 22.8 Å². The third-order valence-corrected chi connectivity index (χ3v) is 3.57. The van der Waals surface area contributed by atoms with Gasteiger partial charge in [0.05, 0.1) is 12.0 Å². The molecule has 3 heteroatoms. The Bertz CT molecular complexity index is 515. The van der Waals surface area contributed by atoms with Gasteiger partial charge in [0.1, 0.15) is 0 Å². The average molecular weight is 255 g/mol. The first kappa shape index (κ1) is 13.4. The van der Waals surface area contributed by atoms with Gasteiger partial charge in [-0.2, -0.15) is 0 Å². The van der Waals surface area contributed by atoms with Crippen LogP contribution in [0.5, 0.6) is 0 Å². The number of rotatable bonds is 4.